The fraction of sp³-hybridized carbons (Fsp3) is 0.250. The molecule has 5 heteroatoms. The van der Waals surface area contributed by atoms with Crippen LogP contribution in [0.4, 0.5) is 0 Å². The topological polar surface area (TPSA) is 61.3 Å². The fourth-order valence-corrected chi connectivity index (χ4v) is 0.766. The number of halogens is 1. The Labute approximate surface area is 60.0 Å². The fourth-order valence-electron chi connectivity index (χ4n) is 0.438. The van der Waals surface area contributed by atoms with Crippen molar-refractivity contribution in [2.24, 2.45) is 5.90 Å². The number of hydrogen-bond acceptors (Lipinski definition) is 4. The lowest BCUT2D eigenvalue weighted by Crippen LogP contribution is -1.96. The summed E-state index contributed by atoms with van der Waals surface area (Å²) in [6.07, 6.45) is 0. The predicted molar refractivity (Wildman–Crippen MR) is 33.2 cm³/mol. The number of rotatable bonds is 2. The molecule has 0 radical (unpaired) electrons. The van der Waals surface area contributed by atoms with E-state index in [4.69, 9.17) is 10.4 Å². The standard InChI is InChI=1S/C4H5BrN2O2/c5-4-1-3(2-8-6)9-7-4/h1H,2,6H2. The lowest BCUT2D eigenvalue weighted by Gasteiger charge is -1.86. The van der Waals surface area contributed by atoms with E-state index in [1.807, 2.05) is 0 Å². The molecule has 1 aromatic heterocycles. The Bertz CT molecular complexity index is 188. The summed E-state index contributed by atoms with van der Waals surface area (Å²) in [7, 11) is 0. The van der Waals surface area contributed by atoms with Gasteiger partial charge in [-0.05, 0) is 15.9 Å². The van der Waals surface area contributed by atoms with Crippen LogP contribution in [0.5, 0.6) is 0 Å². The summed E-state index contributed by atoms with van der Waals surface area (Å²) in [6.45, 7) is 0.249. The summed E-state index contributed by atoms with van der Waals surface area (Å²) in [5, 5.41) is 3.54. The monoisotopic (exact) mass is 192 g/mol. The van der Waals surface area contributed by atoms with Crippen LogP contribution in [0.25, 0.3) is 0 Å². The number of nitrogens with zero attached hydrogens (tertiary/aromatic N) is 1. The normalized spacial score (nSPS) is 10.0. The average molecular weight is 193 g/mol. The zero-order valence-electron chi connectivity index (χ0n) is 4.50. The first-order valence-corrected chi connectivity index (χ1v) is 3.05. The van der Waals surface area contributed by atoms with Gasteiger partial charge in [-0.15, -0.1) is 0 Å². The molecule has 50 valence electrons. The molecule has 0 atom stereocenters. The Kier molecular flexibility index (Phi) is 2.21. The molecular formula is C4H5BrN2O2. The van der Waals surface area contributed by atoms with Gasteiger partial charge in [0.05, 0.1) is 0 Å². The second-order valence-electron chi connectivity index (χ2n) is 1.43. The van der Waals surface area contributed by atoms with Gasteiger partial charge in [-0.2, -0.15) is 0 Å². The van der Waals surface area contributed by atoms with Crippen molar-refractivity contribution in [1.82, 2.24) is 5.16 Å². The first-order valence-electron chi connectivity index (χ1n) is 2.25. The van der Waals surface area contributed by atoms with Crippen LogP contribution < -0.4 is 5.90 Å². The van der Waals surface area contributed by atoms with E-state index in [2.05, 4.69) is 25.9 Å². The van der Waals surface area contributed by atoms with Crippen molar-refractivity contribution in [3.63, 3.8) is 0 Å². The molecule has 0 aliphatic heterocycles. The highest BCUT2D eigenvalue weighted by Gasteiger charge is 1.98. The SMILES string of the molecule is NOCc1cc(Br)no1. The van der Waals surface area contributed by atoms with Crippen LogP contribution >= 0.6 is 15.9 Å². The second kappa shape index (κ2) is 2.95. The maximum Gasteiger partial charge on any atom is 0.165 e. The van der Waals surface area contributed by atoms with Crippen LogP contribution in [-0.4, -0.2) is 5.16 Å². The number of nitrogens with two attached hydrogens (primary N) is 1. The van der Waals surface area contributed by atoms with E-state index in [9.17, 15) is 0 Å². The smallest absolute Gasteiger partial charge is 0.165 e. The maximum absolute atomic E-state index is 4.77. The second-order valence-corrected chi connectivity index (χ2v) is 2.24. The summed E-state index contributed by atoms with van der Waals surface area (Å²) >= 11 is 3.10. The quantitative estimate of drug-likeness (QED) is 0.706. The molecule has 0 unspecified atom stereocenters. The van der Waals surface area contributed by atoms with E-state index in [1.165, 1.54) is 0 Å². The third-order valence-corrected chi connectivity index (χ3v) is 1.13. The van der Waals surface area contributed by atoms with Crippen LogP contribution in [0.1, 0.15) is 5.76 Å². The molecule has 0 saturated carbocycles. The minimum atomic E-state index is 0.249. The van der Waals surface area contributed by atoms with Crippen molar-refractivity contribution in [1.29, 1.82) is 0 Å². The summed E-state index contributed by atoms with van der Waals surface area (Å²) in [5.74, 6) is 5.37. The minimum absolute atomic E-state index is 0.249. The highest BCUT2D eigenvalue weighted by Crippen LogP contribution is 2.09. The predicted octanol–water partition coefficient (Wildman–Crippen LogP) is 0.827. The first kappa shape index (κ1) is 6.73. The zero-order valence-corrected chi connectivity index (χ0v) is 6.09. The third kappa shape index (κ3) is 1.78. The Morgan fingerprint density at radius 2 is 2.67 bits per heavy atom. The summed E-state index contributed by atoms with van der Waals surface area (Å²) in [5.41, 5.74) is 0. The molecule has 0 amide bonds. The Hall–Kier alpha value is -0.390. The van der Waals surface area contributed by atoms with Gasteiger partial charge in [0.1, 0.15) is 11.2 Å². The molecule has 1 rings (SSSR count). The molecule has 0 aromatic carbocycles. The van der Waals surface area contributed by atoms with E-state index in [-0.39, 0.29) is 6.61 Å². The van der Waals surface area contributed by atoms with Gasteiger partial charge in [-0.25, -0.2) is 5.90 Å². The van der Waals surface area contributed by atoms with Gasteiger partial charge in [0.15, 0.2) is 5.76 Å². The molecule has 0 fully saturated rings. The Morgan fingerprint density at radius 1 is 1.89 bits per heavy atom. The van der Waals surface area contributed by atoms with Crippen molar-refractivity contribution in [3.05, 3.63) is 16.4 Å². The summed E-state index contributed by atoms with van der Waals surface area (Å²) in [6, 6.07) is 1.69. The molecule has 0 spiro atoms. The van der Waals surface area contributed by atoms with Crippen molar-refractivity contribution in [2.75, 3.05) is 0 Å². The van der Waals surface area contributed by atoms with Crippen LogP contribution in [-0.2, 0) is 11.4 Å². The number of hydrogen-bond donors (Lipinski definition) is 1. The van der Waals surface area contributed by atoms with Gasteiger partial charge in [0.2, 0.25) is 0 Å². The maximum atomic E-state index is 4.77. The van der Waals surface area contributed by atoms with E-state index >= 15 is 0 Å². The molecule has 0 bridgehead atoms. The molecule has 4 nitrogen and oxygen atoms in total. The summed E-state index contributed by atoms with van der Waals surface area (Å²) in [4.78, 5) is 4.29. The third-order valence-electron chi connectivity index (χ3n) is 0.756. The van der Waals surface area contributed by atoms with Crippen molar-refractivity contribution < 1.29 is 9.36 Å². The lowest BCUT2D eigenvalue weighted by molar-refractivity contribution is 0.103. The molecule has 0 aliphatic rings. The highest BCUT2D eigenvalue weighted by molar-refractivity contribution is 9.10. The Morgan fingerprint density at radius 3 is 3.11 bits per heavy atom. The number of aromatic nitrogens is 1. The van der Waals surface area contributed by atoms with Gasteiger partial charge < -0.3 is 4.52 Å². The average Bonchev–Trinajstić information content (AvgIpc) is 2.17. The van der Waals surface area contributed by atoms with E-state index < -0.39 is 0 Å². The molecule has 1 aromatic rings. The molecular weight excluding hydrogens is 188 g/mol. The van der Waals surface area contributed by atoms with E-state index in [1.54, 1.807) is 6.07 Å². The highest BCUT2D eigenvalue weighted by atomic mass is 79.9. The van der Waals surface area contributed by atoms with Gasteiger partial charge in [0.25, 0.3) is 0 Å². The van der Waals surface area contributed by atoms with E-state index in [0.29, 0.717) is 10.4 Å². The van der Waals surface area contributed by atoms with Crippen LogP contribution in [0.15, 0.2) is 15.2 Å². The van der Waals surface area contributed by atoms with E-state index in [0.717, 1.165) is 0 Å². The molecule has 1 heterocycles. The van der Waals surface area contributed by atoms with Crippen molar-refractivity contribution in [2.45, 2.75) is 6.61 Å². The Balaban J connectivity index is 2.61. The first-order chi connectivity index (χ1) is 4.33. The molecule has 0 saturated heterocycles. The zero-order chi connectivity index (χ0) is 6.69. The van der Waals surface area contributed by atoms with Crippen LogP contribution in [0.3, 0.4) is 0 Å². The van der Waals surface area contributed by atoms with Gasteiger partial charge >= 0.3 is 0 Å². The lowest BCUT2D eigenvalue weighted by atomic mass is 10.5. The molecule has 2 N–H and O–H groups in total. The summed E-state index contributed by atoms with van der Waals surface area (Å²) < 4.78 is 5.35. The van der Waals surface area contributed by atoms with Gasteiger partial charge in [-0.1, -0.05) is 5.16 Å². The van der Waals surface area contributed by atoms with Gasteiger partial charge in [-0.3, -0.25) is 4.84 Å². The minimum Gasteiger partial charge on any atom is -0.358 e. The molecule has 9 heavy (non-hydrogen) atoms. The van der Waals surface area contributed by atoms with Gasteiger partial charge in [0, 0.05) is 6.07 Å². The molecule has 0 aliphatic carbocycles. The largest absolute Gasteiger partial charge is 0.358 e. The van der Waals surface area contributed by atoms with Crippen molar-refractivity contribution >= 4 is 15.9 Å². The van der Waals surface area contributed by atoms with Crippen LogP contribution in [0, 0.1) is 0 Å². The van der Waals surface area contributed by atoms with Crippen LogP contribution in [0.2, 0.25) is 0 Å². The van der Waals surface area contributed by atoms with Crippen molar-refractivity contribution in [3.8, 4) is 0 Å².